The summed E-state index contributed by atoms with van der Waals surface area (Å²) in [6.07, 6.45) is 10.5. The molecule has 1 aliphatic carbocycles. The number of nitrogens with zero attached hydrogens (tertiary/aromatic N) is 5. The first-order valence-corrected chi connectivity index (χ1v) is 10.6. The largest absolute Gasteiger partial charge is 0.340 e. The van der Waals surface area contributed by atoms with E-state index in [4.69, 9.17) is 0 Å². The van der Waals surface area contributed by atoms with E-state index in [1.54, 1.807) is 0 Å². The van der Waals surface area contributed by atoms with Crippen LogP contribution in [0.3, 0.4) is 0 Å². The van der Waals surface area contributed by atoms with Crippen LogP contribution < -0.4 is 0 Å². The molecule has 6 heteroatoms. The van der Waals surface area contributed by atoms with E-state index in [0.29, 0.717) is 11.8 Å². The second-order valence-electron chi connectivity index (χ2n) is 8.55. The normalized spacial score (nSPS) is 25.3. The molecule has 1 saturated carbocycles. The smallest absolute Gasteiger partial charge is 0.222 e. The third-order valence-corrected chi connectivity index (χ3v) is 6.64. The zero-order chi connectivity index (χ0) is 17.9. The topological polar surface area (TPSA) is 54.3 Å². The lowest BCUT2D eigenvalue weighted by Gasteiger charge is -2.29. The van der Waals surface area contributed by atoms with Crippen molar-refractivity contribution in [3.05, 3.63) is 11.6 Å². The van der Waals surface area contributed by atoms with Crippen LogP contribution in [0.25, 0.3) is 0 Å². The van der Waals surface area contributed by atoms with Gasteiger partial charge < -0.3 is 14.4 Å². The van der Waals surface area contributed by atoms with Crippen molar-refractivity contribution in [2.24, 2.45) is 5.92 Å². The molecule has 144 valence electrons. The van der Waals surface area contributed by atoms with Crippen LogP contribution in [0.5, 0.6) is 0 Å². The molecule has 3 heterocycles. The number of carbonyl (C=O) groups excluding carboxylic acids is 1. The van der Waals surface area contributed by atoms with E-state index in [9.17, 15) is 4.79 Å². The molecule has 1 aromatic heterocycles. The first-order chi connectivity index (χ1) is 12.7. The summed E-state index contributed by atoms with van der Waals surface area (Å²) in [6, 6.07) is 0. The Labute approximate surface area is 156 Å². The van der Waals surface area contributed by atoms with E-state index in [2.05, 4.69) is 31.6 Å². The van der Waals surface area contributed by atoms with E-state index in [1.807, 2.05) is 0 Å². The molecule has 4 rings (SSSR count). The van der Waals surface area contributed by atoms with E-state index in [-0.39, 0.29) is 0 Å². The highest BCUT2D eigenvalue weighted by atomic mass is 16.2. The lowest BCUT2D eigenvalue weighted by molar-refractivity contribution is -0.131. The summed E-state index contributed by atoms with van der Waals surface area (Å²) in [5, 5.41) is 9.02. The molecule has 1 aromatic rings. The van der Waals surface area contributed by atoms with Gasteiger partial charge in [-0.25, -0.2) is 0 Å². The van der Waals surface area contributed by atoms with Crippen LogP contribution in [-0.2, 0) is 17.8 Å². The van der Waals surface area contributed by atoms with Gasteiger partial charge in [-0.15, -0.1) is 10.2 Å². The number of hydrogen-bond donors (Lipinski definition) is 0. The Morgan fingerprint density at radius 1 is 1.04 bits per heavy atom. The van der Waals surface area contributed by atoms with Gasteiger partial charge in [0, 0.05) is 44.9 Å². The lowest BCUT2D eigenvalue weighted by Crippen LogP contribution is -2.34. The fourth-order valence-electron chi connectivity index (χ4n) is 5.06. The molecule has 6 nitrogen and oxygen atoms in total. The zero-order valence-corrected chi connectivity index (χ0v) is 16.2. The minimum absolute atomic E-state index is 0.342. The summed E-state index contributed by atoms with van der Waals surface area (Å²) in [5.41, 5.74) is 0. The van der Waals surface area contributed by atoms with Crippen LogP contribution in [0.4, 0.5) is 0 Å². The Hall–Kier alpha value is -1.43. The van der Waals surface area contributed by atoms with E-state index >= 15 is 0 Å². The second-order valence-corrected chi connectivity index (χ2v) is 8.55. The summed E-state index contributed by atoms with van der Waals surface area (Å²) in [5.74, 6) is 3.83. The minimum atomic E-state index is 0.342. The van der Waals surface area contributed by atoms with E-state index in [1.165, 1.54) is 45.1 Å². The zero-order valence-electron chi connectivity index (χ0n) is 16.2. The highest BCUT2D eigenvalue weighted by Gasteiger charge is 2.28. The summed E-state index contributed by atoms with van der Waals surface area (Å²) < 4.78 is 2.31. The van der Waals surface area contributed by atoms with Crippen molar-refractivity contribution in [1.82, 2.24) is 24.6 Å². The Bertz CT molecular complexity index is 622. The highest BCUT2D eigenvalue weighted by Crippen LogP contribution is 2.29. The van der Waals surface area contributed by atoms with Crippen molar-refractivity contribution < 1.29 is 4.79 Å². The number of aromatic nitrogens is 3. The van der Waals surface area contributed by atoms with Gasteiger partial charge in [0.25, 0.3) is 0 Å². The Balaban J connectivity index is 1.35. The van der Waals surface area contributed by atoms with Crippen molar-refractivity contribution in [1.29, 1.82) is 0 Å². The third kappa shape index (κ3) is 3.95. The predicted molar refractivity (Wildman–Crippen MR) is 101 cm³/mol. The molecular formula is C20H33N5O. The molecule has 0 bridgehead atoms. The number of amides is 1. The number of rotatable bonds is 4. The molecule has 0 N–H and O–H groups in total. The molecule has 0 aromatic carbocycles. The fourth-order valence-corrected chi connectivity index (χ4v) is 5.06. The summed E-state index contributed by atoms with van der Waals surface area (Å²) in [7, 11) is 2.19. The Morgan fingerprint density at radius 3 is 2.69 bits per heavy atom. The summed E-state index contributed by atoms with van der Waals surface area (Å²) in [6.45, 7) is 4.71. The number of piperidine rings is 1. The van der Waals surface area contributed by atoms with Gasteiger partial charge in [0.1, 0.15) is 11.6 Å². The van der Waals surface area contributed by atoms with E-state index < -0.39 is 0 Å². The van der Waals surface area contributed by atoms with Crippen LogP contribution in [-0.4, -0.2) is 63.7 Å². The monoisotopic (exact) mass is 359 g/mol. The number of carbonyl (C=O) groups is 1. The number of likely N-dealkylation sites (tertiary alicyclic amines) is 1. The van der Waals surface area contributed by atoms with Gasteiger partial charge >= 0.3 is 0 Å². The molecule has 0 radical (unpaired) electrons. The maximum Gasteiger partial charge on any atom is 0.222 e. The predicted octanol–water partition coefficient (Wildman–Crippen LogP) is 2.44. The van der Waals surface area contributed by atoms with Crippen LogP contribution in [0.2, 0.25) is 0 Å². The van der Waals surface area contributed by atoms with Crippen LogP contribution in [0.15, 0.2) is 0 Å². The number of hydrogen-bond acceptors (Lipinski definition) is 4. The third-order valence-electron chi connectivity index (χ3n) is 6.64. The van der Waals surface area contributed by atoms with Gasteiger partial charge in [0.15, 0.2) is 0 Å². The first-order valence-electron chi connectivity index (χ1n) is 10.6. The van der Waals surface area contributed by atoms with Crippen molar-refractivity contribution >= 4 is 5.91 Å². The molecule has 26 heavy (non-hydrogen) atoms. The Morgan fingerprint density at radius 2 is 1.88 bits per heavy atom. The van der Waals surface area contributed by atoms with Crippen LogP contribution >= 0.6 is 0 Å². The molecule has 2 aliphatic heterocycles. The van der Waals surface area contributed by atoms with E-state index in [0.717, 1.165) is 63.0 Å². The SMILES string of the molecule is CN1CCC[C@H](c2nnc3n2CCN(C(=O)CCC2CCCC2)CC3)C1. The van der Waals surface area contributed by atoms with Crippen molar-refractivity contribution in [3.8, 4) is 0 Å². The molecule has 1 amide bonds. The van der Waals surface area contributed by atoms with Crippen LogP contribution in [0.1, 0.15) is 68.9 Å². The summed E-state index contributed by atoms with van der Waals surface area (Å²) in [4.78, 5) is 17.1. The van der Waals surface area contributed by atoms with Gasteiger partial charge in [-0.2, -0.15) is 0 Å². The first kappa shape index (κ1) is 18.0. The molecule has 2 fully saturated rings. The number of fused-ring (bicyclic) bond motifs is 1. The maximum atomic E-state index is 12.7. The molecular weight excluding hydrogens is 326 g/mol. The van der Waals surface area contributed by atoms with Crippen molar-refractivity contribution in [2.75, 3.05) is 33.2 Å². The second kappa shape index (κ2) is 8.07. The average molecular weight is 360 g/mol. The quantitative estimate of drug-likeness (QED) is 0.829. The Kier molecular flexibility index (Phi) is 5.57. The lowest BCUT2D eigenvalue weighted by atomic mass is 9.97. The molecule has 0 spiro atoms. The molecule has 3 aliphatic rings. The average Bonchev–Trinajstić information content (AvgIpc) is 3.25. The van der Waals surface area contributed by atoms with Crippen molar-refractivity contribution in [2.45, 2.75) is 70.3 Å². The van der Waals surface area contributed by atoms with Crippen LogP contribution in [0, 0.1) is 5.92 Å². The number of likely N-dealkylation sites (N-methyl/N-ethyl adjacent to an activating group) is 1. The van der Waals surface area contributed by atoms with Gasteiger partial charge in [0.2, 0.25) is 5.91 Å². The highest BCUT2D eigenvalue weighted by molar-refractivity contribution is 5.76. The minimum Gasteiger partial charge on any atom is -0.340 e. The van der Waals surface area contributed by atoms with Gasteiger partial charge in [-0.3, -0.25) is 4.79 Å². The molecule has 1 saturated heterocycles. The van der Waals surface area contributed by atoms with Gasteiger partial charge in [-0.05, 0) is 38.8 Å². The van der Waals surface area contributed by atoms with Crippen molar-refractivity contribution in [3.63, 3.8) is 0 Å². The van der Waals surface area contributed by atoms with Gasteiger partial charge in [-0.1, -0.05) is 25.7 Å². The summed E-state index contributed by atoms with van der Waals surface area (Å²) >= 11 is 0. The fraction of sp³-hybridized carbons (Fsp3) is 0.850. The van der Waals surface area contributed by atoms with Gasteiger partial charge in [0.05, 0.1) is 0 Å². The molecule has 0 unspecified atom stereocenters. The molecule has 1 atom stereocenters. The maximum absolute atomic E-state index is 12.7. The standard InChI is InChI=1S/C20H33N5O/c1-23-11-4-7-17(15-23)20-22-21-18-10-12-24(13-14-25(18)20)19(26)9-8-16-5-2-3-6-16/h16-17H,2-15H2,1H3/t17-/m0/s1.